The van der Waals surface area contributed by atoms with Crippen LogP contribution < -0.4 is 15.4 Å². The van der Waals surface area contributed by atoms with E-state index in [0.29, 0.717) is 37.1 Å². The van der Waals surface area contributed by atoms with E-state index in [1.165, 1.54) is 0 Å². The summed E-state index contributed by atoms with van der Waals surface area (Å²) >= 11 is 0. The van der Waals surface area contributed by atoms with Crippen molar-refractivity contribution in [2.24, 2.45) is 0 Å². The molecule has 2 aliphatic heterocycles. The van der Waals surface area contributed by atoms with Crippen molar-refractivity contribution in [1.29, 1.82) is 0 Å². The van der Waals surface area contributed by atoms with Crippen LogP contribution in [0.15, 0.2) is 12.1 Å². The zero-order chi connectivity index (χ0) is 15.7. The van der Waals surface area contributed by atoms with Gasteiger partial charge in [-0.3, -0.25) is 0 Å². The van der Waals surface area contributed by atoms with Crippen LogP contribution in [0.5, 0.6) is 5.75 Å². The lowest BCUT2D eigenvalue weighted by atomic mass is 9.89. The summed E-state index contributed by atoms with van der Waals surface area (Å²) in [6.45, 7) is 1.52. The second-order valence-electron chi connectivity index (χ2n) is 6.07. The van der Waals surface area contributed by atoms with Gasteiger partial charge < -0.3 is 20.1 Å². The maximum Gasteiger partial charge on any atom is 0.266 e. The van der Waals surface area contributed by atoms with Crippen molar-refractivity contribution in [2.75, 3.05) is 44.0 Å². The number of ether oxygens (including phenoxy) is 2. The van der Waals surface area contributed by atoms with Gasteiger partial charge in [-0.1, -0.05) is 0 Å². The average Bonchev–Trinajstić information content (AvgIpc) is 2.88. The molecule has 0 amide bonds. The van der Waals surface area contributed by atoms with Crippen LogP contribution in [0.2, 0.25) is 0 Å². The molecule has 22 heavy (non-hydrogen) atoms. The number of anilines is 2. The highest BCUT2D eigenvalue weighted by Gasteiger charge is 2.39. The van der Waals surface area contributed by atoms with Gasteiger partial charge >= 0.3 is 0 Å². The van der Waals surface area contributed by atoms with Gasteiger partial charge in [-0.25, -0.2) is 8.78 Å². The summed E-state index contributed by atoms with van der Waals surface area (Å²) < 4.78 is 37.9. The zero-order valence-corrected chi connectivity index (χ0v) is 12.8. The lowest BCUT2D eigenvalue weighted by Gasteiger charge is -2.29. The Hall–Kier alpha value is -1.56. The predicted molar refractivity (Wildman–Crippen MR) is 82.0 cm³/mol. The highest BCUT2D eigenvalue weighted by Crippen LogP contribution is 2.42. The standard InChI is InChI=1S/C16H22F2N2O2/c1-21-15-9-14(20-5-4-16(17,18)10-20)12(8-13(15)19)11-2-6-22-7-3-11/h8-9,11H,2-7,10,19H2,1H3. The number of rotatable bonds is 3. The molecule has 0 saturated carbocycles. The fourth-order valence-electron chi connectivity index (χ4n) is 3.33. The lowest BCUT2D eigenvalue weighted by Crippen LogP contribution is -2.27. The van der Waals surface area contributed by atoms with Gasteiger partial charge in [0.15, 0.2) is 0 Å². The first-order valence-electron chi connectivity index (χ1n) is 7.68. The molecule has 6 heteroatoms. The van der Waals surface area contributed by atoms with Gasteiger partial charge in [0.2, 0.25) is 0 Å². The topological polar surface area (TPSA) is 47.7 Å². The Morgan fingerprint density at radius 2 is 2.05 bits per heavy atom. The third kappa shape index (κ3) is 2.97. The summed E-state index contributed by atoms with van der Waals surface area (Å²) in [5.74, 6) is -1.78. The first kappa shape index (κ1) is 15.3. The molecule has 0 unspecified atom stereocenters. The number of alkyl halides is 2. The average molecular weight is 312 g/mol. The van der Waals surface area contributed by atoms with E-state index >= 15 is 0 Å². The van der Waals surface area contributed by atoms with Gasteiger partial charge in [-0.2, -0.15) is 0 Å². The molecule has 3 rings (SSSR count). The van der Waals surface area contributed by atoms with Crippen molar-refractivity contribution in [3.63, 3.8) is 0 Å². The Labute approximate surface area is 129 Å². The minimum Gasteiger partial charge on any atom is -0.495 e. The van der Waals surface area contributed by atoms with E-state index in [4.69, 9.17) is 15.2 Å². The number of nitrogens with zero attached hydrogens (tertiary/aromatic N) is 1. The number of benzene rings is 1. The van der Waals surface area contributed by atoms with Gasteiger partial charge in [0.05, 0.1) is 19.3 Å². The van der Waals surface area contributed by atoms with Gasteiger partial charge in [-0.05, 0) is 30.4 Å². The van der Waals surface area contributed by atoms with Crippen molar-refractivity contribution < 1.29 is 18.3 Å². The van der Waals surface area contributed by atoms with E-state index in [0.717, 1.165) is 24.1 Å². The molecular formula is C16H22F2N2O2. The minimum atomic E-state index is -2.62. The van der Waals surface area contributed by atoms with E-state index in [1.54, 1.807) is 12.0 Å². The van der Waals surface area contributed by atoms with Crippen molar-refractivity contribution in [3.8, 4) is 5.75 Å². The Balaban J connectivity index is 1.98. The molecule has 0 aliphatic carbocycles. The first-order valence-corrected chi connectivity index (χ1v) is 7.68. The molecule has 4 nitrogen and oxygen atoms in total. The van der Waals surface area contributed by atoms with E-state index in [-0.39, 0.29) is 13.0 Å². The number of nitrogens with two attached hydrogens (primary N) is 1. The Morgan fingerprint density at radius 3 is 2.64 bits per heavy atom. The highest BCUT2D eigenvalue weighted by atomic mass is 19.3. The molecule has 1 aromatic rings. The summed E-state index contributed by atoms with van der Waals surface area (Å²) in [5.41, 5.74) is 8.46. The monoisotopic (exact) mass is 312 g/mol. The van der Waals surface area contributed by atoms with Gasteiger partial charge in [0.25, 0.3) is 5.92 Å². The van der Waals surface area contributed by atoms with Crippen LogP contribution in [0.25, 0.3) is 0 Å². The summed E-state index contributed by atoms with van der Waals surface area (Å²) in [6, 6.07) is 3.70. The fraction of sp³-hybridized carbons (Fsp3) is 0.625. The maximum absolute atomic E-state index is 13.6. The van der Waals surface area contributed by atoms with Gasteiger partial charge in [-0.15, -0.1) is 0 Å². The van der Waals surface area contributed by atoms with Crippen LogP contribution >= 0.6 is 0 Å². The summed E-state index contributed by atoms with van der Waals surface area (Å²) in [5, 5.41) is 0. The van der Waals surface area contributed by atoms with Crippen LogP contribution in [0.1, 0.15) is 30.7 Å². The third-order valence-corrected chi connectivity index (χ3v) is 4.55. The summed E-state index contributed by atoms with van der Waals surface area (Å²) in [4.78, 5) is 1.76. The van der Waals surface area contributed by atoms with Crippen molar-refractivity contribution in [1.82, 2.24) is 0 Å². The molecule has 0 atom stereocenters. The number of nitrogen functional groups attached to an aromatic ring is 1. The Kier molecular flexibility index (Phi) is 4.12. The molecule has 0 radical (unpaired) electrons. The van der Waals surface area contributed by atoms with Crippen LogP contribution in [-0.4, -0.2) is 39.3 Å². The Morgan fingerprint density at radius 1 is 1.32 bits per heavy atom. The van der Waals surface area contributed by atoms with Crippen LogP contribution in [0.3, 0.4) is 0 Å². The fourth-order valence-corrected chi connectivity index (χ4v) is 3.33. The number of methoxy groups -OCH3 is 1. The zero-order valence-electron chi connectivity index (χ0n) is 12.8. The second-order valence-corrected chi connectivity index (χ2v) is 6.07. The molecule has 2 heterocycles. The Bertz CT molecular complexity index is 545. The molecule has 2 fully saturated rings. The molecular weight excluding hydrogens is 290 g/mol. The van der Waals surface area contributed by atoms with Crippen LogP contribution in [0.4, 0.5) is 20.2 Å². The summed E-state index contributed by atoms with van der Waals surface area (Å²) in [7, 11) is 1.54. The van der Waals surface area contributed by atoms with Crippen molar-refractivity contribution in [3.05, 3.63) is 17.7 Å². The molecule has 0 bridgehead atoms. The highest BCUT2D eigenvalue weighted by molar-refractivity contribution is 5.68. The second kappa shape index (κ2) is 5.91. The normalized spacial score (nSPS) is 22.0. The van der Waals surface area contributed by atoms with Crippen LogP contribution in [-0.2, 0) is 4.74 Å². The molecule has 2 aliphatic rings. The number of halogens is 2. The van der Waals surface area contributed by atoms with E-state index in [1.807, 2.05) is 12.1 Å². The molecule has 0 spiro atoms. The van der Waals surface area contributed by atoms with E-state index in [2.05, 4.69) is 0 Å². The largest absolute Gasteiger partial charge is 0.495 e. The predicted octanol–water partition coefficient (Wildman–Crippen LogP) is 3.02. The third-order valence-electron chi connectivity index (χ3n) is 4.55. The molecule has 0 aromatic heterocycles. The quantitative estimate of drug-likeness (QED) is 0.872. The van der Waals surface area contributed by atoms with Crippen molar-refractivity contribution in [2.45, 2.75) is 31.1 Å². The smallest absolute Gasteiger partial charge is 0.266 e. The van der Waals surface area contributed by atoms with E-state index < -0.39 is 5.92 Å². The van der Waals surface area contributed by atoms with Crippen LogP contribution in [0, 0.1) is 0 Å². The first-order chi connectivity index (χ1) is 10.5. The minimum absolute atomic E-state index is 0.104. The number of hydrogen-bond acceptors (Lipinski definition) is 4. The SMILES string of the molecule is COc1cc(N2CCC(F)(F)C2)c(C2CCOCC2)cc1N. The molecule has 122 valence electrons. The lowest BCUT2D eigenvalue weighted by molar-refractivity contribution is 0.0257. The van der Waals surface area contributed by atoms with E-state index in [9.17, 15) is 8.78 Å². The number of hydrogen-bond donors (Lipinski definition) is 1. The summed E-state index contributed by atoms with van der Waals surface area (Å²) in [6.07, 6.45) is 1.68. The molecule has 2 N–H and O–H groups in total. The van der Waals surface area contributed by atoms with Gasteiger partial charge in [0.1, 0.15) is 5.75 Å². The van der Waals surface area contributed by atoms with Crippen molar-refractivity contribution >= 4 is 11.4 Å². The molecule has 1 aromatic carbocycles. The maximum atomic E-state index is 13.6. The van der Waals surface area contributed by atoms with Gasteiger partial charge in [0, 0.05) is 37.9 Å². The molecule has 2 saturated heterocycles.